The summed E-state index contributed by atoms with van der Waals surface area (Å²) in [4.78, 5) is 12.5. The Hall–Kier alpha value is -3.27. The van der Waals surface area contributed by atoms with E-state index in [4.69, 9.17) is 4.74 Å². The zero-order valence-electron chi connectivity index (χ0n) is 15.9. The van der Waals surface area contributed by atoms with Crippen molar-refractivity contribution in [3.8, 4) is 5.75 Å². The number of ether oxygens (including phenoxy) is 1. The number of amides is 1. The van der Waals surface area contributed by atoms with Crippen LogP contribution in [0.1, 0.15) is 27.0 Å². The van der Waals surface area contributed by atoms with Gasteiger partial charge in [-0.25, -0.2) is 0 Å². The van der Waals surface area contributed by atoms with Gasteiger partial charge in [-0.3, -0.25) is 4.79 Å². The van der Waals surface area contributed by atoms with Crippen LogP contribution >= 0.6 is 0 Å². The van der Waals surface area contributed by atoms with Crippen LogP contribution < -0.4 is 15.4 Å². The fourth-order valence-corrected chi connectivity index (χ4v) is 2.82. The maximum absolute atomic E-state index is 12.5. The maximum Gasteiger partial charge on any atom is 0.255 e. The number of methoxy groups -OCH3 is 1. The molecule has 1 amide bonds. The van der Waals surface area contributed by atoms with Crippen molar-refractivity contribution in [1.29, 1.82) is 0 Å². The van der Waals surface area contributed by atoms with Gasteiger partial charge in [-0.2, -0.15) is 0 Å². The number of rotatable bonds is 6. The average Bonchev–Trinajstić information content (AvgIpc) is 2.69. The van der Waals surface area contributed by atoms with Crippen molar-refractivity contribution in [3.05, 3.63) is 89.0 Å². The Bertz CT molecular complexity index is 936. The van der Waals surface area contributed by atoms with Crippen LogP contribution in [0.15, 0.2) is 66.7 Å². The molecular formula is C23H24N2O2. The van der Waals surface area contributed by atoms with Gasteiger partial charge in [0.15, 0.2) is 0 Å². The number of hydrogen-bond acceptors (Lipinski definition) is 3. The first-order chi connectivity index (χ1) is 13.1. The normalized spacial score (nSPS) is 10.3. The zero-order chi connectivity index (χ0) is 19.2. The highest BCUT2D eigenvalue weighted by Crippen LogP contribution is 2.27. The molecule has 0 aliphatic rings. The van der Waals surface area contributed by atoms with Crippen molar-refractivity contribution in [1.82, 2.24) is 0 Å². The van der Waals surface area contributed by atoms with Crippen LogP contribution in [0.2, 0.25) is 0 Å². The van der Waals surface area contributed by atoms with Crippen molar-refractivity contribution in [2.45, 2.75) is 20.4 Å². The molecule has 138 valence electrons. The monoisotopic (exact) mass is 360 g/mol. The van der Waals surface area contributed by atoms with E-state index >= 15 is 0 Å². The third kappa shape index (κ3) is 4.67. The predicted octanol–water partition coefficient (Wildman–Crippen LogP) is 5.18. The van der Waals surface area contributed by atoms with Crippen LogP contribution in [0, 0.1) is 13.8 Å². The molecule has 4 heteroatoms. The number of carbonyl (C=O) groups is 1. The van der Waals surface area contributed by atoms with Crippen molar-refractivity contribution < 1.29 is 9.53 Å². The van der Waals surface area contributed by atoms with E-state index in [-0.39, 0.29) is 5.91 Å². The van der Waals surface area contributed by atoms with Gasteiger partial charge in [-0.1, -0.05) is 36.4 Å². The van der Waals surface area contributed by atoms with E-state index in [1.807, 2.05) is 42.5 Å². The first kappa shape index (κ1) is 18.5. The zero-order valence-corrected chi connectivity index (χ0v) is 15.9. The third-order valence-electron chi connectivity index (χ3n) is 4.55. The molecule has 0 radical (unpaired) electrons. The molecule has 0 heterocycles. The molecule has 0 aliphatic heterocycles. The van der Waals surface area contributed by atoms with Gasteiger partial charge in [-0.15, -0.1) is 0 Å². The summed E-state index contributed by atoms with van der Waals surface area (Å²) < 4.78 is 5.44. The van der Waals surface area contributed by atoms with Gasteiger partial charge in [-0.05, 0) is 60.9 Å². The predicted molar refractivity (Wildman–Crippen MR) is 111 cm³/mol. The Labute approximate surface area is 160 Å². The Morgan fingerprint density at radius 2 is 1.70 bits per heavy atom. The lowest BCUT2D eigenvalue weighted by molar-refractivity contribution is 0.102. The first-order valence-corrected chi connectivity index (χ1v) is 8.91. The van der Waals surface area contributed by atoms with Crippen molar-refractivity contribution >= 4 is 17.3 Å². The molecule has 0 aromatic heterocycles. The highest BCUT2D eigenvalue weighted by Gasteiger charge is 2.11. The number of benzene rings is 3. The van der Waals surface area contributed by atoms with E-state index < -0.39 is 0 Å². The molecule has 3 rings (SSSR count). The minimum Gasteiger partial charge on any atom is -0.495 e. The molecular weight excluding hydrogens is 336 g/mol. The van der Waals surface area contributed by atoms with Gasteiger partial charge >= 0.3 is 0 Å². The Morgan fingerprint density at radius 1 is 0.926 bits per heavy atom. The number of carbonyl (C=O) groups excluding carboxylic acids is 1. The SMILES string of the molecule is COc1ccc(C(=O)Nc2ccccc2)cc1NCc1ccc(C)c(C)c1. The summed E-state index contributed by atoms with van der Waals surface area (Å²) in [6, 6.07) is 21.2. The Kier molecular flexibility index (Phi) is 5.77. The summed E-state index contributed by atoms with van der Waals surface area (Å²) >= 11 is 0. The second kappa shape index (κ2) is 8.41. The van der Waals surface area contributed by atoms with Gasteiger partial charge in [0.2, 0.25) is 0 Å². The summed E-state index contributed by atoms with van der Waals surface area (Å²) in [6.45, 7) is 4.86. The minimum absolute atomic E-state index is 0.155. The molecule has 2 N–H and O–H groups in total. The minimum atomic E-state index is -0.155. The van der Waals surface area contributed by atoms with Crippen LogP contribution in [0.4, 0.5) is 11.4 Å². The van der Waals surface area contributed by atoms with Crippen LogP contribution in [0.3, 0.4) is 0 Å². The summed E-state index contributed by atoms with van der Waals surface area (Å²) in [7, 11) is 1.63. The topological polar surface area (TPSA) is 50.4 Å². The molecule has 0 saturated heterocycles. The van der Waals surface area contributed by atoms with Gasteiger partial charge in [0, 0.05) is 17.8 Å². The van der Waals surface area contributed by atoms with Gasteiger partial charge in [0.05, 0.1) is 12.8 Å². The quantitative estimate of drug-likeness (QED) is 0.637. The van der Waals surface area contributed by atoms with E-state index in [0.717, 1.165) is 11.4 Å². The van der Waals surface area contributed by atoms with Crippen LogP contribution in [-0.4, -0.2) is 13.0 Å². The molecule has 0 spiro atoms. The molecule has 0 fully saturated rings. The average molecular weight is 360 g/mol. The molecule has 27 heavy (non-hydrogen) atoms. The van der Waals surface area contributed by atoms with E-state index in [1.54, 1.807) is 13.2 Å². The molecule has 0 aliphatic carbocycles. The maximum atomic E-state index is 12.5. The number of anilines is 2. The fraction of sp³-hybridized carbons (Fsp3) is 0.174. The lowest BCUT2D eigenvalue weighted by atomic mass is 10.1. The number of aryl methyl sites for hydroxylation is 2. The Balaban J connectivity index is 1.76. The van der Waals surface area contributed by atoms with Crippen molar-refractivity contribution in [2.75, 3.05) is 17.7 Å². The van der Waals surface area contributed by atoms with Gasteiger partial charge < -0.3 is 15.4 Å². The molecule has 0 saturated carbocycles. The van der Waals surface area contributed by atoms with Gasteiger partial charge in [0.25, 0.3) is 5.91 Å². The lowest BCUT2D eigenvalue weighted by Gasteiger charge is -2.14. The van der Waals surface area contributed by atoms with Crippen LogP contribution in [0.5, 0.6) is 5.75 Å². The molecule has 3 aromatic carbocycles. The molecule has 3 aromatic rings. The molecule has 4 nitrogen and oxygen atoms in total. The number of nitrogens with one attached hydrogen (secondary N) is 2. The van der Waals surface area contributed by atoms with Crippen molar-refractivity contribution in [3.63, 3.8) is 0 Å². The summed E-state index contributed by atoms with van der Waals surface area (Å²) in [5.41, 5.74) is 5.84. The smallest absolute Gasteiger partial charge is 0.255 e. The van der Waals surface area contributed by atoms with Crippen molar-refractivity contribution in [2.24, 2.45) is 0 Å². The second-order valence-electron chi connectivity index (χ2n) is 6.51. The van der Waals surface area contributed by atoms with Crippen LogP contribution in [-0.2, 0) is 6.54 Å². The lowest BCUT2D eigenvalue weighted by Crippen LogP contribution is -2.12. The largest absolute Gasteiger partial charge is 0.495 e. The second-order valence-corrected chi connectivity index (χ2v) is 6.51. The molecule has 0 unspecified atom stereocenters. The summed E-state index contributed by atoms with van der Waals surface area (Å²) in [6.07, 6.45) is 0. The summed E-state index contributed by atoms with van der Waals surface area (Å²) in [5, 5.41) is 6.28. The highest BCUT2D eigenvalue weighted by atomic mass is 16.5. The summed E-state index contributed by atoms with van der Waals surface area (Å²) in [5.74, 6) is 0.549. The van der Waals surface area contributed by atoms with E-state index in [9.17, 15) is 4.79 Å². The Morgan fingerprint density at radius 3 is 2.41 bits per heavy atom. The first-order valence-electron chi connectivity index (χ1n) is 8.91. The highest BCUT2D eigenvalue weighted by molar-refractivity contribution is 6.05. The number of hydrogen-bond donors (Lipinski definition) is 2. The number of para-hydroxylation sites is 1. The van der Waals surface area contributed by atoms with E-state index in [1.165, 1.54) is 16.7 Å². The standard InChI is InChI=1S/C23H24N2O2/c1-16-9-10-18(13-17(16)2)15-24-21-14-19(11-12-22(21)27-3)23(26)25-20-7-5-4-6-8-20/h4-14,24H,15H2,1-3H3,(H,25,26). The van der Waals surface area contributed by atoms with E-state index in [0.29, 0.717) is 17.9 Å². The van der Waals surface area contributed by atoms with Crippen LogP contribution in [0.25, 0.3) is 0 Å². The molecule has 0 atom stereocenters. The third-order valence-corrected chi connectivity index (χ3v) is 4.55. The molecule has 0 bridgehead atoms. The van der Waals surface area contributed by atoms with Gasteiger partial charge in [0.1, 0.15) is 5.75 Å². The van der Waals surface area contributed by atoms with E-state index in [2.05, 4.69) is 42.7 Å². The fourth-order valence-electron chi connectivity index (χ4n) is 2.82.